The molecule has 4 N–H and O–H groups in total. The number of nitrogens with zero attached hydrogens (tertiary/aromatic N) is 2. The second kappa shape index (κ2) is 5.51. The fourth-order valence-electron chi connectivity index (χ4n) is 2.29. The molecule has 7 heteroatoms. The van der Waals surface area contributed by atoms with Gasteiger partial charge in [-0.25, -0.2) is 9.97 Å². The molecule has 5 nitrogen and oxygen atoms in total. The van der Waals surface area contributed by atoms with Gasteiger partial charge in [0.25, 0.3) is 0 Å². The van der Waals surface area contributed by atoms with Crippen LogP contribution >= 0.6 is 23.6 Å². The highest BCUT2D eigenvalue weighted by molar-refractivity contribution is 7.81. The molecular formula is C15H14N4OS2. The van der Waals surface area contributed by atoms with Crippen molar-refractivity contribution in [2.75, 3.05) is 12.8 Å². The fourth-order valence-corrected chi connectivity index (χ4v) is 3.52. The van der Waals surface area contributed by atoms with Crippen molar-refractivity contribution in [2.45, 2.75) is 6.92 Å². The number of hydrogen-bond donors (Lipinski definition) is 2. The molecule has 0 spiro atoms. The first-order valence-corrected chi connectivity index (χ1v) is 7.74. The molecule has 0 amide bonds. The number of benzene rings is 1. The van der Waals surface area contributed by atoms with Gasteiger partial charge in [0.2, 0.25) is 0 Å². The number of nitrogen functional groups attached to an aromatic ring is 1. The van der Waals surface area contributed by atoms with Crippen molar-refractivity contribution < 1.29 is 4.74 Å². The van der Waals surface area contributed by atoms with E-state index in [4.69, 9.17) is 28.4 Å². The van der Waals surface area contributed by atoms with E-state index in [1.165, 1.54) is 11.3 Å². The molecule has 0 saturated heterocycles. The molecule has 0 radical (unpaired) electrons. The number of hydrogen-bond acceptors (Lipinski definition) is 6. The van der Waals surface area contributed by atoms with Crippen LogP contribution < -0.4 is 16.2 Å². The molecule has 0 fully saturated rings. The summed E-state index contributed by atoms with van der Waals surface area (Å²) in [6, 6.07) is 7.67. The lowest BCUT2D eigenvalue weighted by Crippen LogP contribution is -2.09. The fraction of sp³-hybridized carbons (Fsp3) is 0.133. The maximum absolute atomic E-state index is 6.23. The Kier molecular flexibility index (Phi) is 3.67. The Morgan fingerprint density at radius 3 is 2.77 bits per heavy atom. The zero-order valence-corrected chi connectivity index (χ0v) is 13.7. The second-order valence-corrected chi connectivity index (χ2v) is 6.18. The van der Waals surface area contributed by atoms with E-state index in [0.29, 0.717) is 16.4 Å². The first kappa shape index (κ1) is 14.7. The Morgan fingerprint density at radius 1 is 1.32 bits per heavy atom. The topological polar surface area (TPSA) is 87.0 Å². The molecular weight excluding hydrogens is 316 g/mol. The molecule has 2 aromatic heterocycles. The van der Waals surface area contributed by atoms with Gasteiger partial charge < -0.3 is 16.2 Å². The van der Waals surface area contributed by atoms with E-state index in [1.54, 1.807) is 7.11 Å². The van der Waals surface area contributed by atoms with Crippen molar-refractivity contribution >= 4 is 44.4 Å². The number of fused-ring (bicyclic) bond motifs is 1. The summed E-state index contributed by atoms with van der Waals surface area (Å²) in [5.74, 6) is 1.42. The molecule has 0 aliphatic rings. The highest BCUT2D eigenvalue weighted by Crippen LogP contribution is 2.38. The van der Waals surface area contributed by atoms with E-state index in [9.17, 15) is 0 Å². The standard InChI is InChI=1S/C15H14N4OS2/c1-7-18-12(8-4-3-5-9(6-8)20-2)10-11(16)13(14(17)21)22-15(10)19-7/h3-6H,16H2,1-2H3,(H2,17,21). The Hall–Kier alpha value is -2.25. The van der Waals surface area contributed by atoms with Crippen molar-refractivity contribution in [1.29, 1.82) is 0 Å². The van der Waals surface area contributed by atoms with E-state index in [-0.39, 0.29) is 4.99 Å². The highest BCUT2D eigenvalue weighted by Gasteiger charge is 2.18. The van der Waals surface area contributed by atoms with Gasteiger partial charge in [-0.1, -0.05) is 24.4 Å². The number of ether oxygens (including phenoxy) is 1. The van der Waals surface area contributed by atoms with Crippen LogP contribution in [0.5, 0.6) is 5.75 Å². The number of aromatic nitrogens is 2. The van der Waals surface area contributed by atoms with Gasteiger partial charge >= 0.3 is 0 Å². The predicted octanol–water partition coefficient (Wildman–Crippen LogP) is 2.89. The molecule has 3 aromatic rings. The van der Waals surface area contributed by atoms with Crippen LogP contribution in [0.15, 0.2) is 24.3 Å². The average Bonchev–Trinajstić information content (AvgIpc) is 2.83. The summed E-state index contributed by atoms with van der Waals surface area (Å²) >= 11 is 6.45. The second-order valence-electron chi connectivity index (χ2n) is 4.74. The lowest BCUT2D eigenvalue weighted by atomic mass is 10.1. The largest absolute Gasteiger partial charge is 0.497 e. The van der Waals surface area contributed by atoms with Crippen molar-refractivity contribution in [1.82, 2.24) is 9.97 Å². The summed E-state index contributed by atoms with van der Waals surface area (Å²) in [7, 11) is 1.63. The van der Waals surface area contributed by atoms with E-state index < -0.39 is 0 Å². The summed E-state index contributed by atoms with van der Waals surface area (Å²) in [5.41, 5.74) is 14.2. The van der Waals surface area contributed by atoms with Crippen LogP contribution in [0.2, 0.25) is 0 Å². The van der Waals surface area contributed by atoms with Crippen molar-refractivity contribution in [2.24, 2.45) is 5.73 Å². The summed E-state index contributed by atoms with van der Waals surface area (Å²) < 4.78 is 5.28. The molecule has 0 unspecified atom stereocenters. The molecule has 0 aliphatic carbocycles. The minimum atomic E-state index is 0.273. The summed E-state index contributed by atoms with van der Waals surface area (Å²) in [4.78, 5) is 10.7. The SMILES string of the molecule is COc1cccc(-c2nc(C)nc3sc(C(N)=S)c(N)c23)c1. The van der Waals surface area contributed by atoms with Gasteiger partial charge in [-0.2, -0.15) is 0 Å². The average molecular weight is 330 g/mol. The number of thiophene rings is 1. The molecule has 22 heavy (non-hydrogen) atoms. The molecule has 0 saturated carbocycles. The minimum absolute atomic E-state index is 0.273. The van der Waals surface area contributed by atoms with Crippen LogP contribution in [0.25, 0.3) is 21.5 Å². The number of anilines is 1. The van der Waals surface area contributed by atoms with Gasteiger partial charge in [0.1, 0.15) is 21.4 Å². The number of methoxy groups -OCH3 is 1. The van der Waals surface area contributed by atoms with Crippen LogP contribution in [0, 0.1) is 6.92 Å². The van der Waals surface area contributed by atoms with E-state index >= 15 is 0 Å². The smallest absolute Gasteiger partial charge is 0.130 e. The maximum Gasteiger partial charge on any atom is 0.130 e. The lowest BCUT2D eigenvalue weighted by Gasteiger charge is -2.07. The van der Waals surface area contributed by atoms with Gasteiger partial charge in [-0.05, 0) is 19.1 Å². The molecule has 0 bridgehead atoms. The Morgan fingerprint density at radius 2 is 2.09 bits per heavy atom. The zero-order chi connectivity index (χ0) is 15.9. The van der Waals surface area contributed by atoms with Crippen molar-refractivity contribution in [3.63, 3.8) is 0 Å². The third-order valence-corrected chi connectivity index (χ3v) is 4.73. The minimum Gasteiger partial charge on any atom is -0.497 e. The first-order valence-electron chi connectivity index (χ1n) is 6.52. The summed E-state index contributed by atoms with van der Waals surface area (Å²) in [5, 5.41) is 0.784. The number of aryl methyl sites for hydroxylation is 1. The zero-order valence-electron chi connectivity index (χ0n) is 12.1. The van der Waals surface area contributed by atoms with Crippen LogP contribution in [0.1, 0.15) is 10.7 Å². The number of thiocarbonyl (C=S) groups is 1. The van der Waals surface area contributed by atoms with Gasteiger partial charge in [0, 0.05) is 5.56 Å². The van der Waals surface area contributed by atoms with Gasteiger partial charge in [0.15, 0.2) is 0 Å². The lowest BCUT2D eigenvalue weighted by molar-refractivity contribution is 0.415. The van der Waals surface area contributed by atoms with E-state index in [2.05, 4.69) is 9.97 Å². The molecule has 1 aromatic carbocycles. The molecule has 0 aliphatic heterocycles. The van der Waals surface area contributed by atoms with Crippen LogP contribution in [0.3, 0.4) is 0 Å². The third kappa shape index (κ3) is 2.38. The Balaban J connectivity index is 2.35. The molecule has 0 atom stereocenters. The Bertz CT molecular complexity index is 889. The first-order chi connectivity index (χ1) is 10.5. The quantitative estimate of drug-likeness (QED) is 0.718. The molecule has 3 rings (SSSR count). The normalized spacial score (nSPS) is 10.8. The third-order valence-electron chi connectivity index (χ3n) is 3.27. The number of rotatable bonds is 3. The van der Waals surface area contributed by atoms with Crippen molar-refractivity contribution in [3.05, 3.63) is 35.0 Å². The van der Waals surface area contributed by atoms with Crippen LogP contribution in [0.4, 0.5) is 5.69 Å². The van der Waals surface area contributed by atoms with Gasteiger partial charge in [-0.3, -0.25) is 0 Å². The number of nitrogens with two attached hydrogens (primary N) is 2. The summed E-state index contributed by atoms with van der Waals surface area (Å²) in [6.07, 6.45) is 0. The van der Waals surface area contributed by atoms with Gasteiger partial charge in [-0.15, -0.1) is 11.3 Å². The maximum atomic E-state index is 6.23. The van der Waals surface area contributed by atoms with Crippen molar-refractivity contribution in [3.8, 4) is 17.0 Å². The summed E-state index contributed by atoms with van der Waals surface area (Å²) in [6.45, 7) is 1.85. The van der Waals surface area contributed by atoms with E-state index in [1.807, 2.05) is 31.2 Å². The predicted molar refractivity (Wildman–Crippen MR) is 94.4 cm³/mol. The van der Waals surface area contributed by atoms with Crippen LogP contribution in [-0.2, 0) is 0 Å². The van der Waals surface area contributed by atoms with Gasteiger partial charge in [0.05, 0.1) is 28.8 Å². The highest BCUT2D eigenvalue weighted by atomic mass is 32.1. The van der Waals surface area contributed by atoms with E-state index in [0.717, 1.165) is 27.2 Å². The monoisotopic (exact) mass is 330 g/mol. The molecule has 2 heterocycles. The molecule has 112 valence electrons. The Labute approximate surface area is 136 Å². The van der Waals surface area contributed by atoms with Crippen LogP contribution in [-0.4, -0.2) is 22.1 Å².